The number of benzene rings is 1. The van der Waals surface area contributed by atoms with Gasteiger partial charge in [0.05, 0.1) is 13.2 Å². The second kappa shape index (κ2) is 9.59. The summed E-state index contributed by atoms with van der Waals surface area (Å²) >= 11 is 0. The van der Waals surface area contributed by atoms with Crippen molar-refractivity contribution in [3.05, 3.63) is 41.6 Å². The molecule has 1 aromatic carbocycles. The summed E-state index contributed by atoms with van der Waals surface area (Å²) in [5.41, 5.74) is 0.753. The van der Waals surface area contributed by atoms with E-state index in [0.29, 0.717) is 0 Å². The van der Waals surface area contributed by atoms with Crippen LogP contribution >= 0.6 is 0 Å². The summed E-state index contributed by atoms with van der Waals surface area (Å²) in [6, 6.07) is 8.85. The fraction of sp³-hybridized carbons (Fsp3) is 0.421. The van der Waals surface area contributed by atoms with Crippen LogP contribution in [0.2, 0.25) is 0 Å². The van der Waals surface area contributed by atoms with Gasteiger partial charge in [0.2, 0.25) is 5.91 Å². The lowest BCUT2D eigenvalue weighted by atomic mass is 9.97. The average molecular weight is 356 g/mol. The van der Waals surface area contributed by atoms with Gasteiger partial charge in [0.25, 0.3) is 5.91 Å². The molecule has 3 N–H and O–H groups in total. The van der Waals surface area contributed by atoms with Gasteiger partial charge in [-0.15, -0.1) is 0 Å². The highest BCUT2D eigenvalue weighted by Gasteiger charge is 2.21. The summed E-state index contributed by atoms with van der Waals surface area (Å²) in [5.74, 6) is -0.0454. The third kappa shape index (κ3) is 5.33. The Labute approximate surface area is 153 Å². The van der Waals surface area contributed by atoms with E-state index in [1.807, 2.05) is 25.1 Å². The van der Waals surface area contributed by atoms with Crippen molar-refractivity contribution in [3.8, 4) is 11.8 Å². The average Bonchev–Trinajstić information content (AvgIpc) is 2.69. The summed E-state index contributed by atoms with van der Waals surface area (Å²) in [6.07, 6.45) is 2.70. The van der Waals surface area contributed by atoms with Crippen molar-refractivity contribution >= 4 is 11.8 Å². The van der Waals surface area contributed by atoms with E-state index in [-0.39, 0.29) is 23.4 Å². The number of hydrogen-bond donors (Lipinski definition) is 3. The number of rotatable bonds is 6. The number of ether oxygens (including phenoxy) is 1. The topological polar surface area (TPSA) is 103 Å². The Morgan fingerprint density at radius 3 is 2.54 bits per heavy atom. The lowest BCUT2D eigenvalue weighted by molar-refractivity contribution is -0.124. The molecule has 1 heterocycles. The van der Waals surface area contributed by atoms with Crippen LogP contribution in [-0.4, -0.2) is 32.0 Å². The number of piperidine rings is 1. The number of carbonyl (C=O) groups is 2. The number of methoxy groups -OCH3 is 1. The van der Waals surface area contributed by atoms with Crippen molar-refractivity contribution in [3.63, 3.8) is 0 Å². The number of amides is 2. The first-order chi connectivity index (χ1) is 12.5. The first-order valence-electron chi connectivity index (χ1n) is 8.61. The van der Waals surface area contributed by atoms with Gasteiger partial charge in [0, 0.05) is 12.1 Å². The summed E-state index contributed by atoms with van der Waals surface area (Å²) in [4.78, 5) is 24.4. The van der Waals surface area contributed by atoms with Gasteiger partial charge in [0.1, 0.15) is 17.4 Å². The minimum absolute atomic E-state index is 0.0891. The summed E-state index contributed by atoms with van der Waals surface area (Å²) in [5, 5.41) is 17.7. The predicted octanol–water partition coefficient (Wildman–Crippen LogP) is 1.40. The van der Waals surface area contributed by atoms with E-state index >= 15 is 0 Å². The van der Waals surface area contributed by atoms with Gasteiger partial charge in [-0.05, 0) is 50.6 Å². The van der Waals surface area contributed by atoms with Crippen LogP contribution in [0.3, 0.4) is 0 Å². The number of nitrogens with zero attached hydrogens (tertiary/aromatic N) is 1. The van der Waals surface area contributed by atoms with E-state index in [0.717, 1.165) is 37.2 Å². The van der Waals surface area contributed by atoms with Crippen LogP contribution < -0.4 is 20.7 Å². The molecule has 2 amide bonds. The smallest absolute Gasteiger partial charge is 0.263 e. The zero-order valence-corrected chi connectivity index (χ0v) is 15.0. The van der Waals surface area contributed by atoms with Gasteiger partial charge >= 0.3 is 0 Å². The largest absolute Gasteiger partial charge is 0.497 e. The summed E-state index contributed by atoms with van der Waals surface area (Å²) < 4.78 is 5.11. The minimum atomic E-state index is -0.526. The molecule has 1 unspecified atom stereocenters. The number of carbonyl (C=O) groups excluding carboxylic acids is 2. The van der Waals surface area contributed by atoms with Crippen LogP contribution in [-0.2, 0) is 9.59 Å². The third-order valence-corrected chi connectivity index (χ3v) is 4.40. The number of nitriles is 1. The van der Waals surface area contributed by atoms with Crippen molar-refractivity contribution in [1.82, 2.24) is 16.0 Å². The Kier molecular flexibility index (Phi) is 7.18. The Morgan fingerprint density at radius 1 is 1.31 bits per heavy atom. The Bertz CT molecular complexity index is 700. The van der Waals surface area contributed by atoms with Crippen LogP contribution in [0.25, 0.3) is 0 Å². The molecule has 1 aliphatic rings. The molecule has 0 bridgehead atoms. The first-order valence-corrected chi connectivity index (χ1v) is 8.61. The Hall–Kier alpha value is -2.85. The Morgan fingerprint density at radius 2 is 1.96 bits per heavy atom. The summed E-state index contributed by atoms with van der Waals surface area (Å²) in [6.45, 7) is 3.42. The van der Waals surface area contributed by atoms with E-state index in [1.54, 1.807) is 19.2 Å². The minimum Gasteiger partial charge on any atom is -0.497 e. The summed E-state index contributed by atoms with van der Waals surface area (Å²) in [7, 11) is 1.59. The number of hydrogen-bond acceptors (Lipinski definition) is 5. The molecule has 26 heavy (non-hydrogen) atoms. The van der Waals surface area contributed by atoms with Gasteiger partial charge in [-0.2, -0.15) is 5.26 Å². The second-order valence-electron chi connectivity index (χ2n) is 6.17. The quantitative estimate of drug-likeness (QED) is 0.528. The maximum Gasteiger partial charge on any atom is 0.263 e. The van der Waals surface area contributed by atoms with Crippen molar-refractivity contribution in [2.24, 2.45) is 5.92 Å². The maximum atomic E-state index is 12.3. The molecule has 1 atom stereocenters. The second-order valence-corrected chi connectivity index (χ2v) is 6.17. The molecular formula is C19H24N4O3. The molecule has 7 heteroatoms. The molecule has 1 fully saturated rings. The normalized spacial score (nSPS) is 16.3. The molecule has 0 saturated carbocycles. The molecule has 1 aliphatic heterocycles. The highest BCUT2D eigenvalue weighted by Crippen LogP contribution is 2.17. The van der Waals surface area contributed by atoms with E-state index in [9.17, 15) is 14.9 Å². The lowest BCUT2D eigenvalue weighted by Gasteiger charge is -2.21. The molecular weight excluding hydrogens is 332 g/mol. The standard InChI is InChI=1S/C19H24N4O3/c1-13(14-3-5-17(26-2)6-4-14)23-19(25)16(11-20)12-22-18(24)15-7-9-21-10-8-15/h3-6,12-13,15,21H,7-10H2,1-2H3,(H,22,24)(H,23,25)/b16-12-. The molecule has 0 radical (unpaired) electrons. The molecule has 1 saturated heterocycles. The molecule has 0 aromatic heterocycles. The maximum absolute atomic E-state index is 12.3. The van der Waals surface area contributed by atoms with Crippen LogP contribution in [0.4, 0.5) is 0 Å². The van der Waals surface area contributed by atoms with Gasteiger partial charge in [-0.1, -0.05) is 12.1 Å². The molecule has 138 valence electrons. The highest BCUT2D eigenvalue weighted by molar-refractivity contribution is 5.98. The SMILES string of the molecule is COc1ccc(C(C)NC(=O)/C(C#N)=C\NC(=O)C2CCNCC2)cc1. The molecule has 1 aromatic rings. The van der Waals surface area contributed by atoms with Crippen LogP contribution in [0.5, 0.6) is 5.75 Å². The molecule has 0 aliphatic carbocycles. The molecule has 7 nitrogen and oxygen atoms in total. The molecule has 2 rings (SSSR count). The van der Waals surface area contributed by atoms with E-state index in [4.69, 9.17) is 4.74 Å². The van der Waals surface area contributed by atoms with E-state index in [2.05, 4.69) is 16.0 Å². The van der Waals surface area contributed by atoms with Crippen LogP contribution in [0.15, 0.2) is 36.0 Å². The van der Waals surface area contributed by atoms with Gasteiger partial charge in [-0.25, -0.2) is 0 Å². The van der Waals surface area contributed by atoms with Crippen LogP contribution in [0, 0.1) is 17.2 Å². The van der Waals surface area contributed by atoms with Gasteiger partial charge < -0.3 is 20.7 Å². The van der Waals surface area contributed by atoms with E-state index in [1.165, 1.54) is 6.20 Å². The first kappa shape index (κ1) is 19.5. The van der Waals surface area contributed by atoms with Crippen molar-refractivity contribution in [1.29, 1.82) is 5.26 Å². The number of nitrogens with one attached hydrogen (secondary N) is 3. The predicted molar refractivity (Wildman–Crippen MR) is 97.0 cm³/mol. The van der Waals surface area contributed by atoms with Crippen molar-refractivity contribution < 1.29 is 14.3 Å². The molecule has 0 spiro atoms. The lowest BCUT2D eigenvalue weighted by Crippen LogP contribution is -2.37. The van der Waals surface area contributed by atoms with Gasteiger partial charge in [-0.3, -0.25) is 9.59 Å². The highest BCUT2D eigenvalue weighted by atomic mass is 16.5. The monoisotopic (exact) mass is 356 g/mol. The van der Waals surface area contributed by atoms with Crippen LogP contribution in [0.1, 0.15) is 31.4 Å². The zero-order chi connectivity index (χ0) is 18.9. The zero-order valence-electron chi connectivity index (χ0n) is 15.0. The van der Waals surface area contributed by atoms with Crippen molar-refractivity contribution in [2.45, 2.75) is 25.8 Å². The fourth-order valence-corrected chi connectivity index (χ4v) is 2.74. The van der Waals surface area contributed by atoms with Gasteiger partial charge in [0.15, 0.2) is 0 Å². The fourth-order valence-electron chi connectivity index (χ4n) is 2.74. The van der Waals surface area contributed by atoms with E-state index < -0.39 is 5.91 Å². The third-order valence-electron chi connectivity index (χ3n) is 4.40. The Balaban J connectivity index is 1.94. The van der Waals surface area contributed by atoms with Crippen molar-refractivity contribution in [2.75, 3.05) is 20.2 Å².